The van der Waals surface area contributed by atoms with Crippen LogP contribution in [0.25, 0.3) is 0 Å². The van der Waals surface area contributed by atoms with E-state index < -0.39 is 0 Å². The van der Waals surface area contributed by atoms with Crippen molar-refractivity contribution in [3.05, 3.63) is 17.4 Å². The number of hydrogen-bond donors (Lipinski definition) is 3. The van der Waals surface area contributed by atoms with E-state index in [0.717, 1.165) is 25.2 Å². The van der Waals surface area contributed by atoms with Crippen LogP contribution in [0.5, 0.6) is 0 Å². The Hall–Kier alpha value is -1.00. The molecule has 1 atom stereocenters. The topological polar surface area (TPSA) is 63.0 Å². The highest BCUT2D eigenvalue weighted by Crippen LogP contribution is 2.25. The minimum absolute atomic E-state index is 0.365. The van der Waals surface area contributed by atoms with Crippen LogP contribution < -0.4 is 16.4 Å². The molecule has 1 aromatic rings. The number of pyridine rings is 1. The molecule has 0 aromatic carbocycles. The van der Waals surface area contributed by atoms with Crippen LogP contribution in [-0.4, -0.2) is 24.1 Å². The van der Waals surface area contributed by atoms with E-state index in [1.165, 1.54) is 6.42 Å². The molecule has 0 unspecified atom stereocenters. The SMILES string of the molecule is Nc1c(N[C@@H]2CCCNC2)ccnc1Cl. The summed E-state index contributed by atoms with van der Waals surface area (Å²) in [5, 5.41) is 7.08. The summed E-state index contributed by atoms with van der Waals surface area (Å²) in [5.41, 5.74) is 7.23. The zero-order valence-corrected chi connectivity index (χ0v) is 9.22. The van der Waals surface area contributed by atoms with E-state index in [9.17, 15) is 0 Å². The van der Waals surface area contributed by atoms with E-state index in [1.807, 2.05) is 6.07 Å². The maximum Gasteiger partial charge on any atom is 0.153 e. The van der Waals surface area contributed by atoms with Gasteiger partial charge in [-0.25, -0.2) is 4.98 Å². The zero-order valence-electron chi connectivity index (χ0n) is 8.46. The van der Waals surface area contributed by atoms with Crippen molar-refractivity contribution < 1.29 is 0 Å². The third kappa shape index (κ3) is 2.52. The molecule has 4 nitrogen and oxygen atoms in total. The summed E-state index contributed by atoms with van der Waals surface area (Å²) in [4.78, 5) is 3.92. The highest BCUT2D eigenvalue weighted by atomic mass is 35.5. The van der Waals surface area contributed by atoms with Gasteiger partial charge in [-0.3, -0.25) is 0 Å². The summed E-state index contributed by atoms with van der Waals surface area (Å²) < 4.78 is 0. The molecule has 2 heterocycles. The van der Waals surface area contributed by atoms with Gasteiger partial charge in [-0.15, -0.1) is 0 Å². The lowest BCUT2D eigenvalue weighted by molar-refractivity contribution is 0.480. The molecule has 1 aliphatic heterocycles. The minimum Gasteiger partial charge on any atom is -0.395 e. The largest absolute Gasteiger partial charge is 0.395 e. The van der Waals surface area contributed by atoms with Crippen LogP contribution in [0.15, 0.2) is 12.3 Å². The number of aromatic nitrogens is 1. The average molecular weight is 227 g/mol. The minimum atomic E-state index is 0.365. The fraction of sp³-hybridized carbons (Fsp3) is 0.500. The molecule has 0 amide bonds. The molecule has 0 aliphatic carbocycles. The van der Waals surface area contributed by atoms with Crippen LogP contribution in [0.2, 0.25) is 5.15 Å². The Balaban J connectivity index is 2.06. The molecule has 82 valence electrons. The lowest BCUT2D eigenvalue weighted by Crippen LogP contribution is -2.38. The molecule has 1 saturated heterocycles. The second-order valence-electron chi connectivity index (χ2n) is 3.75. The van der Waals surface area contributed by atoms with E-state index in [-0.39, 0.29) is 0 Å². The molecule has 5 heteroatoms. The van der Waals surface area contributed by atoms with E-state index in [1.54, 1.807) is 6.20 Å². The van der Waals surface area contributed by atoms with Crippen molar-refractivity contribution in [3.8, 4) is 0 Å². The second kappa shape index (κ2) is 4.68. The molecule has 0 spiro atoms. The fourth-order valence-corrected chi connectivity index (χ4v) is 1.93. The number of anilines is 2. The van der Waals surface area contributed by atoms with Gasteiger partial charge >= 0.3 is 0 Å². The van der Waals surface area contributed by atoms with Crippen LogP contribution >= 0.6 is 11.6 Å². The number of hydrogen-bond acceptors (Lipinski definition) is 4. The summed E-state index contributed by atoms with van der Waals surface area (Å²) >= 11 is 5.84. The first-order valence-electron chi connectivity index (χ1n) is 5.14. The van der Waals surface area contributed by atoms with Crippen molar-refractivity contribution in [1.29, 1.82) is 0 Å². The van der Waals surface area contributed by atoms with Gasteiger partial charge in [-0.1, -0.05) is 11.6 Å². The first-order chi connectivity index (χ1) is 7.27. The van der Waals surface area contributed by atoms with Gasteiger partial charge in [0, 0.05) is 18.8 Å². The molecule has 15 heavy (non-hydrogen) atoms. The van der Waals surface area contributed by atoms with Crippen molar-refractivity contribution in [2.75, 3.05) is 24.1 Å². The zero-order chi connectivity index (χ0) is 10.7. The number of nitrogens with one attached hydrogen (secondary N) is 2. The van der Waals surface area contributed by atoms with Crippen LogP contribution in [-0.2, 0) is 0 Å². The number of halogens is 1. The molecule has 4 N–H and O–H groups in total. The van der Waals surface area contributed by atoms with Crippen molar-refractivity contribution in [2.45, 2.75) is 18.9 Å². The van der Waals surface area contributed by atoms with Gasteiger partial charge in [-0.05, 0) is 25.5 Å². The molecule has 1 aliphatic rings. The Morgan fingerprint density at radius 1 is 1.60 bits per heavy atom. The van der Waals surface area contributed by atoms with Crippen molar-refractivity contribution in [2.24, 2.45) is 0 Å². The Morgan fingerprint density at radius 2 is 2.47 bits per heavy atom. The van der Waals surface area contributed by atoms with Crippen LogP contribution in [0.3, 0.4) is 0 Å². The second-order valence-corrected chi connectivity index (χ2v) is 4.11. The normalized spacial score (nSPS) is 21.3. The number of rotatable bonds is 2. The van der Waals surface area contributed by atoms with Gasteiger partial charge in [-0.2, -0.15) is 0 Å². The van der Waals surface area contributed by atoms with Crippen LogP contribution in [0, 0.1) is 0 Å². The average Bonchev–Trinajstić information content (AvgIpc) is 2.26. The molecule has 1 fully saturated rings. The molecule has 0 bridgehead atoms. The summed E-state index contributed by atoms with van der Waals surface area (Å²) in [6, 6.07) is 2.29. The molecule has 1 aromatic heterocycles. The Bertz CT molecular complexity index is 336. The smallest absolute Gasteiger partial charge is 0.153 e. The molecular formula is C10H15ClN4. The highest BCUT2D eigenvalue weighted by Gasteiger charge is 2.14. The molecule has 0 saturated carbocycles. The van der Waals surface area contributed by atoms with Gasteiger partial charge in [0.25, 0.3) is 0 Å². The van der Waals surface area contributed by atoms with Gasteiger partial charge in [0.05, 0.1) is 11.4 Å². The number of piperidine rings is 1. The maximum atomic E-state index is 5.84. The summed E-state index contributed by atoms with van der Waals surface area (Å²) in [6.45, 7) is 2.07. The lowest BCUT2D eigenvalue weighted by atomic mass is 10.1. The van der Waals surface area contributed by atoms with Gasteiger partial charge in [0.2, 0.25) is 0 Å². The van der Waals surface area contributed by atoms with Crippen LogP contribution in [0.1, 0.15) is 12.8 Å². The standard InChI is InChI=1S/C10H15ClN4/c11-10-9(12)8(3-5-14-10)15-7-2-1-4-13-6-7/h3,5,7,13H,1-2,4,6,12H2,(H,14,15)/t7-/m1/s1. The van der Waals surface area contributed by atoms with E-state index in [2.05, 4.69) is 15.6 Å². The van der Waals surface area contributed by atoms with E-state index >= 15 is 0 Å². The maximum absolute atomic E-state index is 5.84. The first-order valence-corrected chi connectivity index (χ1v) is 5.52. The van der Waals surface area contributed by atoms with Crippen molar-refractivity contribution >= 4 is 23.0 Å². The van der Waals surface area contributed by atoms with Crippen LogP contribution in [0.4, 0.5) is 11.4 Å². The lowest BCUT2D eigenvalue weighted by Gasteiger charge is -2.25. The summed E-state index contributed by atoms with van der Waals surface area (Å²) in [6.07, 6.45) is 4.01. The Kier molecular flexibility index (Phi) is 3.28. The van der Waals surface area contributed by atoms with Gasteiger partial charge < -0.3 is 16.4 Å². The van der Waals surface area contributed by atoms with Gasteiger partial charge in [0.1, 0.15) is 0 Å². The van der Waals surface area contributed by atoms with E-state index in [4.69, 9.17) is 17.3 Å². The van der Waals surface area contributed by atoms with Crippen molar-refractivity contribution in [3.63, 3.8) is 0 Å². The number of nitrogens with zero attached hydrogens (tertiary/aromatic N) is 1. The highest BCUT2D eigenvalue weighted by molar-refractivity contribution is 6.32. The summed E-state index contributed by atoms with van der Waals surface area (Å²) in [7, 11) is 0. The predicted molar refractivity (Wildman–Crippen MR) is 63.2 cm³/mol. The molecular weight excluding hydrogens is 212 g/mol. The first kappa shape index (κ1) is 10.5. The Morgan fingerprint density at radius 3 is 3.20 bits per heavy atom. The third-order valence-corrected chi connectivity index (χ3v) is 2.90. The van der Waals surface area contributed by atoms with Gasteiger partial charge in [0.15, 0.2) is 5.15 Å². The quantitative estimate of drug-likeness (QED) is 0.669. The van der Waals surface area contributed by atoms with Crippen molar-refractivity contribution in [1.82, 2.24) is 10.3 Å². The molecule has 2 rings (SSSR count). The Labute approximate surface area is 94.2 Å². The monoisotopic (exact) mass is 226 g/mol. The van der Waals surface area contributed by atoms with E-state index in [0.29, 0.717) is 16.9 Å². The number of nitrogen functional groups attached to an aromatic ring is 1. The third-order valence-electron chi connectivity index (χ3n) is 2.60. The fourth-order valence-electron chi connectivity index (χ4n) is 1.77. The summed E-state index contributed by atoms with van der Waals surface area (Å²) in [5.74, 6) is 0. The number of nitrogens with two attached hydrogens (primary N) is 1. The molecule has 0 radical (unpaired) electrons. The predicted octanol–water partition coefficient (Wildman–Crippen LogP) is 1.48.